The predicted molar refractivity (Wildman–Crippen MR) is 89.5 cm³/mol. The number of nitrogens with one attached hydrogen (secondary N) is 1. The van der Waals surface area contributed by atoms with E-state index in [-0.39, 0.29) is 5.82 Å². The smallest absolute Gasteiger partial charge is 0.146 e. The minimum atomic E-state index is -0.0843. The van der Waals surface area contributed by atoms with Crippen LogP contribution in [0.3, 0.4) is 0 Å². The Morgan fingerprint density at radius 3 is 2.29 bits per heavy atom. The highest BCUT2D eigenvalue weighted by atomic mass is 19.1. The number of hydrogen-bond acceptors (Lipinski definition) is 1. The molecule has 1 aliphatic rings. The molecule has 1 fully saturated rings. The Labute approximate surface area is 129 Å². The summed E-state index contributed by atoms with van der Waals surface area (Å²) in [6.45, 7) is 3.14. The van der Waals surface area contributed by atoms with Crippen LogP contribution in [-0.2, 0) is 0 Å². The zero-order valence-electron chi connectivity index (χ0n) is 13.5. The molecule has 1 saturated carbocycles. The summed E-state index contributed by atoms with van der Waals surface area (Å²) in [7, 11) is 0. The molecule has 0 radical (unpaired) electrons. The first-order valence-corrected chi connectivity index (χ1v) is 8.84. The third kappa shape index (κ3) is 6.07. The van der Waals surface area contributed by atoms with Crippen LogP contribution in [0.5, 0.6) is 0 Å². The van der Waals surface area contributed by atoms with Gasteiger partial charge in [-0.3, -0.25) is 0 Å². The number of anilines is 1. The van der Waals surface area contributed by atoms with Crippen molar-refractivity contribution < 1.29 is 4.39 Å². The summed E-state index contributed by atoms with van der Waals surface area (Å²) in [6.07, 6.45) is 12.9. The van der Waals surface area contributed by atoms with Crippen LogP contribution in [0.4, 0.5) is 10.1 Å². The Hall–Kier alpha value is -1.05. The average molecular weight is 291 g/mol. The van der Waals surface area contributed by atoms with Crippen LogP contribution >= 0.6 is 0 Å². The summed E-state index contributed by atoms with van der Waals surface area (Å²) in [5.74, 6) is 0.542. The molecule has 0 atom stereocenters. The largest absolute Gasteiger partial charge is 0.383 e. The normalized spacial score (nSPS) is 14.4. The summed E-state index contributed by atoms with van der Waals surface area (Å²) < 4.78 is 13.9. The van der Waals surface area contributed by atoms with Gasteiger partial charge in [0.25, 0.3) is 0 Å². The van der Waals surface area contributed by atoms with Crippen LogP contribution in [0, 0.1) is 5.82 Å². The minimum absolute atomic E-state index is 0.0843. The van der Waals surface area contributed by atoms with E-state index in [2.05, 4.69) is 18.3 Å². The van der Waals surface area contributed by atoms with Gasteiger partial charge >= 0.3 is 0 Å². The fourth-order valence-corrected chi connectivity index (χ4v) is 2.83. The highest BCUT2D eigenvalue weighted by Gasteiger charge is 2.24. The second kappa shape index (κ2) is 9.07. The first-order valence-electron chi connectivity index (χ1n) is 8.84. The second-order valence-corrected chi connectivity index (χ2v) is 6.42. The molecule has 21 heavy (non-hydrogen) atoms. The Morgan fingerprint density at radius 2 is 1.67 bits per heavy atom. The van der Waals surface area contributed by atoms with Crippen LogP contribution < -0.4 is 5.32 Å². The van der Waals surface area contributed by atoms with E-state index >= 15 is 0 Å². The van der Waals surface area contributed by atoms with Gasteiger partial charge in [0.05, 0.1) is 5.69 Å². The SMILES string of the molecule is CCCCCCCCCCNc1ccc(C2CC2)cc1F. The number of halogens is 1. The maximum absolute atomic E-state index is 13.9. The van der Waals surface area contributed by atoms with Crippen LogP contribution in [0.2, 0.25) is 0 Å². The molecule has 0 heterocycles. The first-order chi connectivity index (χ1) is 10.3. The van der Waals surface area contributed by atoms with Gasteiger partial charge in [0, 0.05) is 6.54 Å². The minimum Gasteiger partial charge on any atom is -0.383 e. The molecule has 2 heteroatoms. The number of unbranched alkanes of at least 4 members (excludes halogenated alkanes) is 7. The number of rotatable bonds is 11. The summed E-state index contributed by atoms with van der Waals surface area (Å²) >= 11 is 0. The standard InChI is InChI=1S/C19H30FN/c1-2-3-4-5-6-7-8-9-14-21-19-13-12-17(15-18(19)20)16-10-11-16/h12-13,15-16,21H,2-11,14H2,1H3. The zero-order chi connectivity index (χ0) is 14.9. The lowest BCUT2D eigenvalue weighted by Gasteiger charge is -2.09. The van der Waals surface area contributed by atoms with Gasteiger partial charge in [0.15, 0.2) is 0 Å². The molecule has 0 aromatic heterocycles. The third-order valence-corrected chi connectivity index (χ3v) is 4.39. The van der Waals surface area contributed by atoms with Crippen molar-refractivity contribution in [3.63, 3.8) is 0 Å². The fraction of sp³-hybridized carbons (Fsp3) is 0.684. The Balaban J connectivity index is 1.54. The molecule has 0 bridgehead atoms. The second-order valence-electron chi connectivity index (χ2n) is 6.42. The van der Waals surface area contributed by atoms with E-state index in [1.54, 1.807) is 6.07 Å². The van der Waals surface area contributed by atoms with E-state index in [0.29, 0.717) is 11.6 Å². The molecule has 0 unspecified atom stereocenters. The number of benzene rings is 1. The maximum atomic E-state index is 13.9. The molecular formula is C19H30FN. The lowest BCUT2D eigenvalue weighted by Crippen LogP contribution is -2.03. The van der Waals surface area contributed by atoms with Crippen molar-refractivity contribution in [1.29, 1.82) is 0 Å². The van der Waals surface area contributed by atoms with E-state index in [1.807, 2.05) is 6.07 Å². The Morgan fingerprint density at radius 1 is 1.00 bits per heavy atom. The van der Waals surface area contributed by atoms with Gasteiger partial charge in [-0.25, -0.2) is 4.39 Å². The fourth-order valence-electron chi connectivity index (χ4n) is 2.83. The van der Waals surface area contributed by atoms with Crippen molar-refractivity contribution in [3.8, 4) is 0 Å². The van der Waals surface area contributed by atoms with E-state index < -0.39 is 0 Å². The van der Waals surface area contributed by atoms with Gasteiger partial charge in [0.1, 0.15) is 5.82 Å². The monoisotopic (exact) mass is 291 g/mol. The molecular weight excluding hydrogens is 261 g/mol. The van der Waals surface area contributed by atoms with Crippen LogP contribution in [0.1, 0.15) is 82.6 Å². The lowest BCUT2D eigenvalue weighted by molar-refractivity contribution is 0.580. The zero-order valence-corrected chi connectivity index (χ0v) is 13.5. The molecule has 1 aromatic rings. The van der Waals surface area contributed by atoms with Gasteiger partial charge in [-0.2, -0.15) is 0 Å². The molecule has 1 nitrogen and oxygen atoms in total. The van der Waals surface area contributed by atoms with Crippen molar-refractivity contribution in [3.05, 3.63) is 29.6 Å². The highest BCUT2D eigenvalue weighted by Crippen LogP contribution is 2.40. The van der Waals surface area contributed by atoms with E-state index in [0.717, 1.165) is 13.0 Å². The molecule has 0 saturated heterocycles. The molecule has 2 rings (SSSR count). The molecule has 118 valence electrons. The topological polar surface area (TPSA) is 12.0 Å². The molecule has 0 spiro atoms. The van der Waals surface area contributed by atoms with Gasteiger partial charge in [-0.15, -0.1) is 0 Å². The van der Waals surface area contributed by atoms with Crippen molar-refractivity contribution in [2.45, 2.75) is 77.0 Å². The van der Waals surface area contributed by atoms with E-state index in [1.165, 1.54) is 63.4 Å². The molecule has 0 amide bonds. The van der Waals surface area contributed by atoms with Crippen molar-refractivity contribution >= 4 is 5.69 Å². The van der Waals surface area contributed by atoms with Crippen molar-refractivity contribution in [2.24, 2.45) is 0 Å². The quantitative estimate of drug-likeness (QED) is 0.475. The maximum Gasteiger partial charge on any atom is 0.146 e. The van der Waals surface area contributed by atoms with Gasteiger partial charge in [-0.05, 0) is 42.9 Å². The predicted octanol–water partition coefficient (Wildman–Crippen LogP) is 6.26. The molecule has 0 aliphatic heterocycles. The average Bonchev–Trinajstić information content (AvgIpc) is 3.31. The van der Waals surface area contributed by atoms with Crippen LogP contribution in [0.15, 0.2) is 18.2 Å². The van der Waals surface area contributed by atoms with Gasteiger partial charge in [0.2, 0.25) is 0 Å². The summed E-state index contributed by atoms with van der Waals surface area (Å²) in [6, 6.07) is 5.71. The third-order valence-electron chi connectivity index (χ3n) is 4.39. The van der Waals surface area contributed by atoms with Gasteiger partial charge < -0.3 is 5.32 Å². The molecule has 1 N–H and O–H groups in total. The van der Waals surface area contributed by atoms with Crippen LogP contribution in [0.25, 0.3) is 0 Å². The molecule has 1 aliphatic carbocycles. The van der Waals surface area contributed by atoms with Crippen molar-refractivity contribution in [2.75, 3.05) is 11.9 Å². The lowest BCUT2D eigenvalue weighted by atomic mass is 10.1. The van der Waals surface area contributed by atoms with Crippen LogP contribution in [-0.4, -0.2) is 6.54 Å². The summed E-state index contributed by atoms with van der Waals surface area (Å²) in [4.78, 5) is 0. The summed E-state index contributed by atoms with van der Waals surface area (Å²) in [5.41, 5.74) is 1.84. The van der Waals surface area contributed by atoms with E-state index in [4.69, 9.17) is 0 Å². The number of hydrogen-bond donors (Lipinski definition) is 1. The summed E-state index contributed by atoms with van der Waals surface area (Å²) in [5, 5.41) is 3.24. The highest BCUT2D eigenvalue weighted by molar-refractivity contribution is 5.47. The van der Waals surface area contributed by atoms with E-state index in [9.17, 15) is 4.39 Å². The Kier molecular flexibility index (Phi) is 7.05. The first kappa shape index (κ1) is 16.3. The van der Waals surface area contributed by atoms with Gasteiger partial charge in [-0.1, -0.05) is 57.9 Å². The van der Waals surface area contributed by atoms with Crippen molar-refractivity contribution in [1.82, 2.24) is 0 Å². The Bertz CT molecular complexity index is 412. The molecule has 1 aromatic carbocycles.